The van der Waals surface area contributed by atoms with Gasteiger partial charge in [-0.1, -0.05) is 30.3 Å². The Balaban J connectivity index is 1.62. The summed E-state index contributed by atoms with van der Waals surface area (Å²) < 4.78 is 6.87. The summed E-state index contributed by atoms with van der Waals surface area (Å²) in [6, 6.07) is 10.3. The van der Waals surface area contributed by atoms with Crippen LogP contribution in [-0.4, -0.2) is 39.7 Å². The number of hydrogen-bond acceptors (Lipinski definition) is 6. The lowest BCUT2D eigenvalue weighted by Crippen LogP contribution is -2.30. The van der Waals surface area contributed by atoms with Crippen molar-refractivity contribution in [2.24, 2.45) is 7.05 Å². The van der Waals surface area contributed by atoms with Crippen molar-refractivity contribution in [3.8, 4) is 0 Å². The molecule has 0 atom stereocenters. The lowest BCUT2D eigenvalue weighted by molar-refractivity contribution is 0.0526. The molecule has 0 saturated heterocycles. The Labute approximate surface area is 185 Å². The van der Waals surface area contributed by atoms with E-state index < -0.39 is 0 Å². The van der Waals surface area contributed by atoms with E-state index in [1.807, 2.05) is 25.1 Å². The zero-order chi connectivity index (χ0) is 22.0. The highest BCUT2D eigenvalue weighted by Crippen LogP contribution is 2.38. The third kappa shape index (κ3) is 4.40. The highest BCUT2D eigenvalue weighted by Gasteiger charge is 2.30. The Bertz CT molecular complexity index is 1080. The minimum absolute atomic E-state index is 0.275. The van der Waals surface area contributed by atoms with Crippen molar-refractivity contribution >= 4 is 28.2 Å². The Morgan fingerprint density at radius 2 is 2.03 bits per heavy atom. The molecule has 3 aromatic rings. The number of aryl methyl sites for hydroxylation is 2. The smallest absolute Gasteiger partial charge is 0.341 e. The third-order valence-electron chi connectivity index (χ3n) is 5.43. The molecule has 0 unspecified atom stereocenters. The standard InChI is InChI=1S/C23H26N4O3S/c1-4-30-23(29)19-17-10-11-27(13-16-8-6-5-7-9-16)14-18(17)31-22(19)25-21(28)20-15(2)12-24-26(20)3/h5-9,12H,4,10-11,13-14H2,1-3H3,(H,25,28). The van der Waals surface area contributed by atoms with Crippen molar-refractivity contribution in [3.05, 3.63) is 69.4 Å². The molecule has 162 valence electrons. The number of benzene rings is 1. The van der Waals surface area contributed by atoms with Gasteiger partial charge in [-0.25, -0.2) is 4.79 Å². The lowest BCUT2D eigenvalue weighted by atomic mass is 10.0. The average molecular weight is 439 g/mol. The van der Waals surface area contributed by atoms with Gasteiger partial charge in [-0.3, -0.25) is 14.4 Å². The molecular weight excluding hydrogens is 412 g/mol. The number of rotatable bonds is 6. The van der Waals surface area contributed by atoms with E-state index in [2.05, 4.69) is 27.4 Å². The monoisotopic (exact) mass is 438 g/mol. The minimum Gasteiger partial charge on any atom is -0.462 e. The summed E-state index contributed by atoms with van der Waals surface area (Å²) in [5.41, 5.74) is 4.01. The highest BCUT2D eigenvalue weighted by atomic mass is 32.1. The summed E-state index contributed by atoms with van der Waals surface area (Å²) in [4.78, 5) is 29.2. The van der Waals surface area contributed by atoms with Crippen LogP contribution in [0.25, 0.3) is 0 Å². The second-order valence-electron chi connectivity index (χ2n) is 7.63. The number of aromatic nitrogens is 2. The topological polar surface area (TPSA) is 76.5 Å². The number of thiophene rings is 1. The summed E-state index contributed by atoms with van der Waals surface area (Å²) in [6.45, 7) is 6.35. The first-order valence-electron chi connectivity index (χ1n) is 10.4. The molecule has 1 N–H and O–H groups in total. The quantitative estimate of drug-likeness (QED) is 0.593. The number of hydrogen-bond donors (Lipinski definition) is 1. The molecule has 3 heterocycles. The van der Waals surface area contributed by atoms with Crippen LogP contribution < -0.4 is 5.32 Å². The van der Waals surface area contributed by atoms with E-state index in [9.17, 15) is 9.59 Å². The molecule has 0 fully saturated rings. The van der Waals surface area contributed by atoms with Gasteiger partial charge in [0.1, 0.15) is 10.7 Å². The molecule has 7 nitrogen and oxygen atoms in total. The van der Waals surface area contributed by atoms with E-state index >= 15 is 0 Å². The molecule has 1 aliphatic rings. The summed E-state index contributed by atoms with van der Waals surface area (Å²) in [5, 5.41) is 7.65. The predicted molar refractivity (Wildman–Crippen MR) is 120 cm³/mol. The normalized spacial score (nSPS) is 13.6. The van der Waals surface area contributed by atoms with Gasteiger partial charge in [0.25, 0.3) is 5.91 Å². The maximum absolute atomic E-state index is 12.9. The van der Waals surface area contributed by atoms with Gasteiger partial charge in [0.2, 0.25) is 0 Å². The summed E-state index contributed by atoms with van der Waals surface area (Å²) >= 11 is 1.46. The number of carbonyl (C=O) groups excluding carboxylic acids is 2. The first-order valence-corrected chi connectivity index (χ1v) is 11.2. The van der Waals surface area contributed by atoms with E-state index in [4.69, 9.17) is 4.74 Å². The summed E-state index contributed by atoms with van der Waals surface area (Å²) in [5.74, 6) is -0.656. The number of ether oxygens (including phenoxy) is 1. The molecule has 0 radical (unpaired) electrons. The first-order chi connectivity index (χ1) is 15.0. The Morgan fingerprint density at radius 3 is 2.71 bits per heavy atom. The number of anilines is 1. The van der Waals surface area contributed by atoms with Crippen molar-refractivity contribution in [2.75, 3.05) is 18.5 Å². The number of nitrogens with zero attached hydrogens (tertiary/aromatic N) is 3. The second-order valence-corrected chi connectivity index (χ2v) is 8.73. The van der Waals surface area contributed by atoms with Gasteiger partial charge in [0, 0.05) is 31.6 Å². The van der Waals surface area contributed by atoms with Crippen molar-refractivity contribution in [3.63, 3.8) is 0 Å². The molecule has 2 aromatic heterocycles. The van der Waals surface area contributed by atoms with Gasteiger partial charge in [0.05, 0.1) is 18.4 Å². The van der Waals surface area contributed by atoms with E-state index in [1.165, 1.54) is 16.9 Å². The summed E-state index contributed by atoms with van der Waals surface area (Å²) in [7, 11) is 1.73. The van der Waals surface area contributed by atoms with Crippen LogP contribution in [0, 0.1) is 6.92 Å². The Hall–Kier alpha value is -2.97. The minimum atomic E-state index is -0.381. The van der Waals surface area contributed by atoms with Crippen LogP contribution in [0.3, 0.4) is 0 Å². The lowest BCUT2D eigenvalue weighted by Gasteiger charge is -2.27. The van der Waals surface area contributed by atoms with E-state index in [0.29, 0.717) is 16.3 Å². The van der Waals surface area contributed by atoms with Crippen molar-refractivity contribution in [2.45, 2.75) is 33.4 Å². The Morgan fingerprint density at radius 1 is 1.26 bits per heavy atom. The SMILES string of the molecule is CCOC(=O)c1c(NC(=O)c2c(C)cnn2C)sc2c1CCN(Cc1ccccc1)C2. The van der Waals surface area contributed by atoms with E-state index in [1.54, 1.807) is 24.9 Å². The molecule has 1 aromatic carbocycles. The van der Waals surface area contributed by atoms with Gasteiger partial charge in [0.15, 0.2) is 0 Å². The van der Waals surface area contributed by atoms with Gasteiger partial charge in [-0.05, 0) is 37.0 Å². The van der Waals surface area contributed by atoms with Crippen molar-refractivity contribution in [1.29, 1.82) is 0 Å². The van der Waals surface area contributed by atoms with Crippen molar-refractivity contribution < 1.29 is 14.3 Å². The molecule has 31 heavy (non-hydrogen) atoms. The average Bonchev–Trinajstić information content (AvgIpc) is 3.27. The number of fused-ring (bicyclic) bond motifs is 1. The zero-order valence-electron chi connectivity index (χ0n) is 18.0. The fraction of sp³-hybridized carbons (Fsp3) is 0.348. The number of nitrogens with one attached hydrogen (secondary N) is 1. The second kappa shape index (κ2) is 9.03. The Kier molecular flexibility index (Phi) is 6.20. The molecule has 1 aliphatic heterocycles. The van der Waals surface area contributed by atoms with Crippen molar-refractivity contribution in [1.82, 2.24) is 14.7 Å². The van der Waals surface area contributed by atoms with Crippen LogP contribution >= 0.6 is 11.3 Å². The largest absolute Gasteiger partial charge is 0.462 e. The van der Waals surface area contributed by atoms with Gasteiger partial charge < -0.3 is 10.1 Å². The number of esters is 1. The highest BCUT2D eigenvalue weighted by molar-refractivity contribution is 7.17. The van der Waals surface area contributed by atoms with Gasteiger partial charge in [-0.2, -0.15) is 5.10 Å². The fourth-order valence-electron chi connectivity index (χ4n) is 3.98. The van der Waals surface area contributed by atoms with Gasteiger partial charge in [-0.15, -0.1) is 11.3 Å². The zero-order valence-corrected chi connectivity index (χ0v) is 18.8. The third-order valence-corrected chi connectivity index (χ3v) is 6.56. The predicted octanol–water partition coefficient (Wildman–Crippen LogP) is 3.78. The molecule has 0 saturated carbocycles. The molecule has 0 spiro atoms. The molecule has 0 aliphatic carbocycles. The van der Waals surface area contributed by atoms with Crippen LogP contribution in [0.5, 0.6) is 0 Å². The maximum Gasteiger partial charge on any atom is 0.341 e. The summed E-state index contributed by atoms with van der Waals surface area (Å²) in [6.07, 6.45) is 2.40. The van der Waals surface area contributed by atoms with E-state index in [-0.39, 0.29) is 18.5 Å². The fourth-order valence-corrected chi connectivity index (χ4v) is 5.25. The molecule has 4 rings (SSSR count). The van der Waals surface area contributed by atoms with Crippen LogP contribution in [0.4, 0.5) is 5.00 Å². The molecule has 1 amide bonds. The van der Waals surface area contributed by atoms with Crippen LogP contribution in [0.15, 0.2) is 36.5 Å². The maximum atomic E-state index is 12.9. The van der Waals surface area contributed by atoms with Crippen LogP contribution in [0.2, 0.25) is 0 Å². The van der Waals surface area contributed by atoms with Gasteiger partial charge >= 0.3 is 5.97 Å². The van der Waals surface area contributed by atoms with E-state index in [0.717, 1.165) is 42.1 Å². The van der Waals surface area contributed by atoms with Crippen LogP contribution in [-0.2, 0) is 31.3 Å². The molecular formula is C23H26N4O3S. The first kappa shape index (κ1) is 21.3. The number of amides is 1. The molecule has 8 heteroatoms. The molecule has 0 bridgehead atoms. The number of carbonyl (C=O) groups is 2. The van der Waals surface area contributed by atoms with Crippen LogP contribution in [0.1, 0.15) is 49.3 Å².